The second-order valence-corrected chi connectivity index (χ2v) is 11.5. The van der Waals surface area contributed by atoms with Crippen molar-refractivity contribution in [2.75, 3.05) is 7.11 Å². The number of ether oxygens (including phenoxy) is 2. The van der Waals surface area contributed by atoms with Gasteiger partial charge in [-0.1, -0.05) is 109 Å². The Balaban J connectivity index is 1.56. The van der Waals surface area contributed by atoms with Gasteiger partial charge in [0.1, 0.15) is 11.5 Å². The highest BCUT2D eigenvalue weighted by atomic mass is 79.9. The van der Waals surface area contributed by atoms with Gasteiger partial charge in [-0.3, -0.25) is 0 Å². The Hall–Kier alpha value is -3.82. The van der Waals surface area contributed by atoms with Gasteiger partial charge in [-0.05, 0) is 58.0 Å². The van der Waals surface area contributed by atoms with Crippen LogP contribution in [0.4, 0.5) is 0 Å². The lowest BCUT2D eigenvalue weighted by atomic mass is 9.77. The Kier molecular flexibility index (Phi) is 5.12. The molecular formula is C35H27BrO2. The number of benzene rings is 5. The van der Waals surface area contributed by atoms with Gasteiger partial charge in [-0.25, -0.2) is 0 Å². The van der Waals surface area contributed by atoms with Gasteiger partial charge in [-0.2, -0.15) is 0 Å². The van der Waals surface area contributed by atoms with Gasteiger partial charge in [0.2, 0.25) is 0 Å². The molecule has 0 aromatic heterocycles. The second kappa shape index (κ2) is 8.34. The first-order chi connectivity index (χ1) is 18.4. The molecule has 0 fully saturated rings. The fourth-order valence-corrected chi connectivity index (χ4v) is 6.79. The Morgan fingerprint density at radius 2 is 1.47 bits per heavy atom. The predicted octanol–water partition coefficient (Wildman–Crippen LogP) is 9.27. The molecule has 0 amide bonds. The molecule has 0 saturated heterocycles. The molecule has 1 unspecified atom stereocenters. The van der Waals surface area contributed by atoms with E-state index in [2.05, 4.69) is 121 Å². The maximum absolute atomic E-state index is 7.30. The maximum atomic E-state index is 7.30. The van der Waals surface area contributed by atoms with Crippen molar-refractivity contribution in [1.29, 1.82) is 0 Å². The third-order valence-electron chi connectivity index (χ3n) is 8.22. The molecule has 38 heavy (non-hydrogen) atoms. The SMILES string of the molecule is COc1ccc(C2(c3ccccc3)C=Cc3c4c(c5ccc(Br)cc5c3O2)-c2ccccc2C4(C)C)cc1. The average Bonchev–Trinajstić information content (AvgIpc) is 3.20. The van der Waals surface area contributed by atoms with Crippen LogP contribution in [-0.4, -0.2) is 7.11 Å². The lowest BCUT2D eigenvalue weighted by Gasteiger charge is -2.38. The molecule has 2 nitrogen and oxygen atoms in total. The fraction of sp³-hybridized carbons (Fsp3) is 0.143. The number of hydrogen-bond donors (Lipinski definition) is 0. The molecule has 0 radical (unpaired) electrons. The second-order valence-electron chi connectivity index (χ2n) is 10.6. The van der Waals surface area contributed by atoms with Crippen molar-refractivity contribution in [3.05, 3.63) is 135 Å². The van der Waals surface area contributed by atoms with Crippen LogP contribution in [0.1, 0.15) is 41.7 Å². The van der Waals surface area contributed by atoms with Gasteiger partial charge in [0.15, 0.2) is 5.60 Å². The largest absolute Gasteiger partial charge is 0.497 e. The van der Waals surface area contributed by atoms with E-state index in [1.165, 1.54) is 27.6 Å². The summed E-state index contributed by atoms with van der Waals surface area (Å²) in [4.78, 5) is 0. The topological polar surface area (TPSA) is 18.5 Å². The number of rotatable bonds is 3. The molecule has 5 aromatic carbocycles. The molecule has 186 valence electrons. The summed E-state index contributed by atoms with van der Waals surface area (Å²) in [5.41, 5.74) is 7.68. The summed E-state index contributed by atoms with van der Waals surface area (Å²) in [6.45, 7) is 4.66. The van der Waals surface area contributed by atoms with E-state index in [0.717, 1.165) is 38.0 Å². The molecule has 0 saturated carbocycles. The zero-order valence-corrected chi connectivity index (χ0v) is 23.2. The van der Waals surface area contributed by atoms with Crippen LogP contribution < -0.4 is 9.47 Å². The third-order valence-corrected chi connectivity index (χ3v) is 8.72. The zero-order chi connectivity index (χ0) is 26.1. The summed E-state index contributed by atoms with van der Waals surface area (Å²) >= 11 is 3.74. The van der Waals surface area contributed by atoms with E-state index in [4.69, 9.17) is 9.47 Å². The first kappa shape index (κ1) is 23.3. The minimum Gasteiger partial charge on any atom is -0.497 e. The lowest BCUT2D eigenvalue weighted by Crippen LogP contribution is -2.35. The van der Waals surface area contributed by atoms with E-state index >= 15 is 0 Å². The highest BCUT2D eigenvalue weighted by Crippen LogP contribution is 2.58. The summed E-state index contributed by atoms with van der Waals surface area (Å²) in [6, 6.07) is 34.1. The molecule has 1 atom stereocenters. The Morgan fingerprint density at radius 1 is 0.763 bits per heavy atom. The van der Waals surface area contributed by atoms with Crippen LogP contribution in [0.2, 0.25) is 0 Å². The first-order valence-corrected chi connectivity index (χ1v) is 13.7. The molecular weight excluding hydrogens is 532 g/mol. The van der Waals surface area contributed by atoms with E-state index in [-0.39, 0.29) is 5.41 Å². The van der Waals surface area contributed by atoms with Gasteiger partial charge < -0.3 is 9.47 Å². The highest BCUT2D eigenvalue weighted by molar-refractivity contribution is 9.10. The monoisotopic (exact) mass is 558 g/mol. The standard InChI is InChI=1S/C35H27BrO2/c1-34(2)30-12-8-7-11-27(30)31-26-18-15-24(36)21-29(26)33-28(32(31)34)19-20-35(38-33,22-9-5-4-6-10-22)23-13-16-25(37-3)17-14-23/h4-21H,1-3H3. The van der Waals surface area contributed by atoms with Gasteiger partial charge in [0.25, 0.3) is 0 Å². The maximum Gasteiger partial charge on any atom is 0.178 e. The van der Waals surface area contributed by atoms with Crippen molar-refractivity contribution in [3.63, 3.8) is 0 Å². The van der Waals surface area contributed by atoms with Crippen LogP contribution in [0.3, 0.4) is 0 Å². The van der Waals surface area contributed by atoms with Gasteiger partial charge in [-0.15, -0.1) is 0 Å². The third kappa shape index (κ3) is 3.18. The minimum atomic E-state index is -0.778. The summed E-state index contributed by atoms with van der Waals surface area (Å²) in [5.74, 6) is 1.74. The molecule has 7 rings (SSSR count). The van der Waals surface area contributed by atoms with Crippen LogP contribution in [0.25, 0.3) is 28.0 Å². The van der Waals surface area contributed by atoms with Crippen LogP contribution in [-0.2, 0) is 11.0 Å². The Labute approximate surface area is 231 Å². The van der Waals surface area contributed by atoms with Crippen molar-refractivity contribution in [1.82, 2.24) is 0 Å². The molecule has 1 aliphatic carbocycles. The van der Waals surface area contributed by atoms with Crippen molar-refractivity contribution < 1.29 is 9.47 Å². The molecule has 2 aliphatic rings. The van der Waals surface area contributed by atoms with Crippen LogP contribution >= 0.6 is 15.9 Å². The zero-order valence-electron chi connectivity index (χ0n) is 21.6. The molecule has 1 aliphatic heterocycles. The van der Waals surface area contributed by atoms with Crippen molar-refractivity contribution in [2.24, 2.45) is 0 Å². The van der Waals surface area contributed by atoms with E-state index < -0.39 is 5.60 Å². The molecule has 3 heteroatoms. The summed E-state index contributed by atoms with van der Waals surface area (Å²) < 4.78 is 13.8. The minimum absolute atomic E-state index is 0.155. The first-order valence-electron chi connectivity index (χ1n) is 12.9. The Bertz CT molecular complexity index is 1750. The van der Waals surface area contributed by atoms with E-state index in [9.17, 15) is 0 Å². The number of fused-ring (bicyclic) bond motifs is 8. The van der Waals surface area contributed by atoms with Crippen molar-refractivity contribution in [3.8, 4) is 22.6 Å². The number of hydrogen-bond acceptors (Lipinski definition) is 2. The van der Waals surface area contributed by atoms with Crippen molar-refractivity contribution >= 4 is 32.8 Å². The smallest absolute Gasteiger partial charge is 0.178 e. The van der Waals surface area contributed by atoms with Gasteiger partial charge in [0.05, 0.1) is 7.11 Å². The van der Waals surface area contributed by atoms with E-state index in [1.807, 2.05) is 18.2 Å². The highest BCUT2D eigenvalue weighted by Gasteiger charge is 2.44. The van der Waals surface area contributed by atoms with Gasteiger partial charge in [0, 0.05) is 32.0 Å². The van der Waals surface area contributed by atoms with Crippen molar-refractivity contribution in [2.45, 2.75) is 24.9 Å². The molecule has 1 heterocycles. The van der Waals surface area contributed by atoms with E-state index in [1.54, 1.807) is 7.11 Å². The quantitative estimate of drug-likeness (QED) is 0.219. The summed E-state index contributed by atoms with van der Waals surface area (Å²) in [5, 5.41) is 2.32. The van der Waals surface area contributed by atoms with Gasteiger partial charge >= 0.3 is 0 Å². The summed E-state index contributed by atoms with van der Waals surface area (Å²) in [7, 11) is 1.69. The molecule has 0 N–H and O–H groups in total. The fourth-order valence-electron chi connectivity index (χ4n) is 6.43. The predicted molar refractivity (Wildman–Crippen MR) is 159 cm³/mol. The van der Waals surface area contributed by atoms with Crippen LogP contribution in [0, 0.1) is 0 Å². The average molecular weight is 560 g/mol. The number of methoxy groups -OCH3 is 1. The van der Waals surface area contributed by atoms with Crippen LogP contribution in [0.5, 0.6) is 11.5 Å². The molecule has 0 bridgehead atoms. The number of halogens is 1. The lowest BCUT2D eigenvalue weighted by molar-refractivity contribution is 0.163. The van der Waals surface area contributed by atoms with E-state index in [0.29, 0.717) is 0 Å². The normalized spacial score (nSPS) is 18.4. The molecule has 0 spiro atoms. The summed E-state index contributed by atoms with van der Waals surface area (Å²) in [6.07, 6.45) is 4.53. The Morgan fingerprint density at radius 3 is 2.24 bits per heavy atom. The van der Waals surface area contributed by atoms with Crippen LogP contribution in [0.15, 0.2) is 108 Å². The molecule has 5 aromatic rings.